The third-order valence-corrected chi connectivity index (χ3v) is 2.71. The van der Waals surface area contributed by atoms with E-state index < -0.39 is 0 Å². The number of nitrogens with zero attached hydrogens (tertiary/aromatic N) is 1. The highest BCUT2D eigenvalue weighted by Gasteiger charge is 2.10. The van der Waals surface area contributed by atoms with E-state index in [-0.39, 0.29) is 29.0 Å². The third kappa shape index (κ3) is 7.18. The number of rotatable bonds is 6. The van der Waals surface area contributed by atoms with Crippen molar-refractivity contribution in [2.75, 3.05) is 13.1 Å². The zero-order valence-electron chi connectivity index (χ0n) is 11.9. The van der Waals surface area contributed by atoms with Crippen LogP contribution >= 0.6 is 17.0 Å². The number of nitrogens with two attached hydrogens (primary N) is 2. The number of aryl methyl sites for hydroxylation is 1. The average molecular weight is 329 g/mol. The van der Waals surface area contributed by atoms with Crippen molar-refractivity contribution in [3.63, 3.8) is 0 Å². The molecule has 0 aliphatic carbocycles. The van der Waals surface area contributed by atoms with Gasteiger partial charge >= 0.3 is 0 Å². The molecule has 4 nitrogen and oxygen atoms in total. The summed E-state index contributed by atoms with van der Waals surface area (Å²) in [6, 6.07) is 8.62. The first kappa shape index (κ1) is 17.9. The lowest BCUT2D eigenvalue weighted by atomic mass is 10.0. The third-order valence-electron chi connectivity index (χ3n) is 2.71. The zero-order valence-corrected chi connectivity index (χ0v) is 13.6. The summed E-state index contributed by atoms with van der Waals surface area (Å²) in [5, 5.41) is 3.49. The summed E-state index contributed by atoms with van der Waals surface area (Å²) in [4.78, 5) is 4.11. The molecule has 0 amide bonds. The number of halogens is 1. The van der Waals surface area contributed by atoms with Gasteiger partial charge in [0.15, 0.2) is 5.96 Å². The molecule has 1 rings (SSSR count). The standard InChI is InChI=1S/C14H24N4.BrH/c1-10(2)8-17-13(9-18-14(15)16)12-6-4-11(3)5-7-12;/h4-7,10,13,17H,8-9H2,1-3H3,(H4,15,16,18);1H. The summed E-state index contributed by atoms with van der Waals surface area (Å²) in [6.45, 7) is 7.95. The monoisotopic (exact) mass is 328 g/mol. The van der Waals surface area contributed by atoms with E-state index >= 15 is 0 Å². The van der Waals surface area contributed by atoms with Crippen molar-refractivity contribution >= 4 is 22.9 Å². The van der Waals surface area contributed by atoms with Gasteiger partial charge in [-0.25, -0.2) is 0 Å². The molecule has 0 radical (unpaired) electrons. The van der Waals surface area contributed by atoms with Crippen LogP contribution in [0.1, 0.15) is 31.0 Å². The summed E-state index contributed by atoms with van der Waals surface area (Å²) in [5.41, 5.74) is 13.3. The minimum Gasteiger partial charge on any atom is -0.370 e. The summed E-state index contributed by atoms with van der Waals surface area (Å²) in [7, 11) is 0. The first-order chi connectivity index (χ1) is 8.49. The Morgan fingerprint density at radius 1 is 1.21 bits per heavy atom. The van der Waals surface area contributed by atoms with Crippen molar-refractivity contribution in [2.24, 2.45) is 22.4 Å². The molecule has 108 valence electrons. The fraction of sp³-hybridized carbons (Fsp3) is 0.500. The fourth-order valence-electron chi connectivity index (χ4n) is 1.66. The Morgan fingerprint density at radius 2 is 1.79 bits per heavy atom. The first-order valence-electron chi connectivity index (χ1n) is 6.34. The highest BCUT2D eigenvalue weighted by Crippen LogP contribution is 2.14. The largest absolute Gasteiger partial charge is 0.370 e. The van der Waals surface area contributed by atoms with Crippen molar-refractivity contribution < 1.29 is 0 Å². The van der Waals surface area contributed by atoms with Crippen LogP contribution in [0.2, 0.25) is 0 Å². The molecule has 0 fully saturated rings. The second-order valence-corrected chi connectivity index (χ2v) is 5.03. The van der Waals surface area contributed by atoms with Crippen LogP contribution in [0.3, 0.4) is 0 Å². The summed E-state index contributed by atoms with van der Waals surface area (Å²) in [6.07, 6.45) is 0. The van der Waals surface area contributed by atoms with Gasteiger partial charge in [-0.1, -0.05) is 43.7 Å². The fourth-order valence-corrected chi connectivity index (χ4v) is 1.66. The molecular formula is C14H25BrN4. The Kier molecular flexibility index (Phi) is 8.43. The Bertz CT molecular complexity index is 383. The number of nitrogens with one attached hydrogen (secondary N) is 1. The first-order valence-corrected chi connectivity index (χ1v) is 6.34. The Labute approximate surface area is 126 Å². The SMILES string of the molecule is Br.Cc1ccc(C(CN=C(N)N)NCC(C)C)cc1. The van der Waals surface area contributed by atoms with E-state index in [1.165, 1.54) is 11.1 Å². The van der Waals surface area contributed by atoms with Crippen molar-refractivity contribution in [1.29, 1.82) is 0 Å². The topological polar surface area (TPSA) is 76.4 Å². The summed E-state index contributed by atoms with van der Waals surface area (Å²) < 4.78 is 0. The Morgan fingerprint density at radius 3 is 2.26 bits per heavy atom. The van der Waals surface area contributed by atoms with Crippen molar-refractivity contribution in [3.8, 4) is 0 Å². The van der Waals surface area contributed by atoms with Crippen molar-refractivity contribution in [3.05, 3.63) is 35.4 Å². The lowest BCUT2D eigenvalue weighted by Crippen LogP contribution is -2.30. The van der Waals surface area contributed by atoms with Gasteiger partial charge in [-0.3, -0.25) is 4.99 Å². The lowest BCUT2D eigenvalue weighted by molar-refractivity contribution is 0.479. The predicted octanol–water partition coefficient (Wildman–Crippen LogP) is 2.13. The van der Waals surface area contributed by atoms with Gasteiger partial charge in [0, 0.05) is 0 Å². The van der Waals surface area contributed by atoms with Gasteiger partial charge < -0.3 is 16.8 Å². The minimum atomic E-state index is 0. The molecule has 0 aromatic heterocycles. The molecule has 0 saturated heterocycles. The molecule has 1 aromatic rings. The van der Waals surface area contributed by atoms with Crippen LogP contribution in [0.15, 0.2) is 29.3 Å². The van der Waals surface area contributed by atoms with Crippen molar-refractivity contribution in [1.82, 2.24) is 5.32 Å². The Balaban J connectivity index is 0.00000324. The normalized spacial score (nSPS) is 11.8. The number of guanidine groups is 1. The number of aliphatic imine (C=N–C) groups is 1. The van der Waals surface area contributed by atoms with Gasteiger partial charge in [0.05, 0.1) is 12.6 Å². The zero-order chi connectivity index (χ0) is 13.5. The molecule has 1 atom stereocenters. The lowest BCUT2D eigenvalue weighted by Gasteiger charge is -2.19. The number of benzene rings is 1. The van der Waals surface area contributed by atoms with E-state index in [1.54, 1.807) is 0 Å². The molecule has 5 heteroatoms. The maximum absolute atomic E-state index is 5.40. The van der Waals surface area contributed by atoms with E-state index in [9.17, 15) is 0 Å². The van der Waals surface area contributed by atoms with Crippen LogP contribution in [0.25, 0.3) is 0 Å². The van der Waals surface area contributed by atoms with Gasteiger partial charge in [0.1, 0.15) is 0 Å². The molecule has 5 N–H and O–H groups in total. The molecule has 1 unspecified atom stereocenters. The molecular weight excluding hydrogens is 304 g/mol. The highest BCUT2D eigenvalue weighted by molar-refractivity contribution is 8.93. The number of hydrogen-bond acceptors (Lipinski definition) is 2. The van der Waals surface area contributed by atoms with Gasteiger partial charge in [-0.05, 0) is 24.9 Å². The molecule has 0 saturated carbocycles. The van der Waals surface area contributed by atoms with Crippen LogP contribution in [0.5, 0.6) is 0 Å². The maximum Gasteiger partial charge on any atom is 0.185 e. The predicted molar refractivity (Wildman–Crippen MR) is 87.8 cm³/mol. The van der Waals surface area contributed by atoms with E-state index in [1.807, 2.05) is 0 Å². The van der Waals surface area contributed by atoms with E-state index in [2.05, 4.69) is 55.3 Å². The molecule has 19 heavy (non-hydrogen) atoms. The molecule has 1 aromatic carbocycles. The van der Waals surface area contributed by atoms with E-state index in [4.69, 9.17) is 11.5 Å². The van der Waals surface area contributed by atoms with Crippen LogP contribution in [-0.2, 0) is 0 Å². The van der Waals surface area contributed by atoms with Gasteiger partial charge in [0.2, 0.25) is 0 Å². The maximum atomic E-state index is 5.40. The van der Waals surface area contributed by atoms with Gasteiger partial charge in [0.25, 0.3) is 0 Å². The van der Waals surface area contributed by atoms with E-state index in [0.29, 0.717) is 12.5 Å². The van der Waals surface area contributed by atoms with Crippen molar-refractivity contribution in [2.45, 2.75) is 26.8 Å². The van der Waals surface area contributed by atoms with Gasteiger partial charge in [-0.2, -0.15) is 0 Å². The average Bonchev–Trinajstić information content (AvgIpc) is 2.30. The quantitative estimate of drug-likeness (QED) is 0.553. The second kappa shape index (κ2) is 8.93. The molecule has 0 aliphatic rings. The molecule has 0 spiro atoms. The van der Waals surface area contributed by atoms with Crippen LogP contribution in [0, 0.1) is 12.8 Å². The van der Waals surface area contributed by atoms with Crippen LogP contribution < -0.4 is 16.8 Å². The van der Waals surface area contributed by atoms with Crippen LogP contribution in [-0.4, -0.2) is 19.0 Å². The summed E-state index contributed by atoms with van der Waals surface area (Å²) >= 11 is 0. The smallest absolute Gasteiger partial charge is 0.185 e. The minimum absolute atomic E-state index is 0. The van der Waals surface area contributed by atoms with E-state index in [0.717, 1.165) is 6.54 Å². The second-order valence-electron chi connectivity index (χ2n) is 5.03. The highest BCUT2D eigenvalue weighted by atomic mass is 79.9. The summed E-state index contributed by atoms with van der Waals surface area (Å²) in [5.74, 6) is 0.732. The molecule has 0 heterocycles. The van der Waals surface area contributed by atoms with Crippen LogP contribution in [0.4, 0.5) is 0 Å². The van der Waals surface area contributed by atoms with Gasteiger partial charge in [-0.15, -0.1) is 17.0 Å². The molecule has 0 aliphatic heterocycles. The Hall–Kier alpha value is -1.07. The molecule has 0 bridgehead atoms. The number of hydrogen-bond donors (Lipinski definition) is 3.